The Morgan fingerprint density at radius 2 is 1.96 bits per heavy atom. The molecule has 0 spiro atoms. The van der Waals surface area contributed by atoms with E-state index >= 15 is 0 Å². The van der Waals surface area contributed by atoms with Crippen LogP contribution >= 0.6 is 0 Å². The molecule has 1 aromatic rings. The smallest absolute Gasteiger partial charge is 0.225 e. The summed E-state index contributed by atoms with van der Waals surface area (Å²) in [6, 6.07) is 8.48. The summed E-state index contributed by atoms with van der Waals surface area (Å²) in [6.45, 7) is 13.1. The maximum absolute atomic E-state index is 12.2. The SMILES string of the molecule is CCNC(=NCCc1ccc(OC(C)C)cc1)NC1CCN(C(=O)C(C)C)C1. The third-order valence-corrected chi connectivity index (χ3v) is 4.64. The summed E-state index contributed by atoms with van der Waals surface area (Å²) in [5.74, 6) is 2.01. The molecular formula is C22H36N4O2. The van der Waals surface area contributed by atoms with Gasteiger partial charge in [0.2, 0.25) is 5.91 Å². The number of hydrogen-bond donors (Lipinski definition) is 2. The van der Waals surface area contributed by atoms with E-state index in [1.807, 2.05) is 44.7 Å². The molecule has 1 heterocycles. The van der Waals surface area contributed by atoms with Gasteiger partial charge < -0.3 is 20.3 Å². The molecule has 6 heteroatoms. The van der Waals surface area contributed by atoms with Crippen molar-refractivity contribution in [2.45, 2.75) is 59.6 Å². The maximum atomic E-state index is 12.2. The Hall–Kier alpha value is -2.24. The van der Waals surface area contributed by atoms with Crippen molar-refractivity contribution < 1.29 is 9.53 Å². The van der Waals surface area contributed by atoms with Crippen LogP contribution in [0.5, 0.6) is 5.75 Å². The van der Waals surface area contributed by atoms with Gasteiger partial charge >= 0.3 is 0 Å². The Kier molecular flexibility index (Phi) is 8.61. The monoisotopic (exact) mass is 388 g/mol. The van der Waals surface area contributed by atoms with Crippen LogP contribution < -0.4 is 15.4 Å². The van der Waals surface area contributed by atoms with Crippen molar-refractivity contribution in [2.75, 3.05) is 26.2 Å². The minimum absolute atomic E-state index is 0.0537. The van der Waals surface area contributed by atoms with Gasteiger partial charge in [-0.1, -0.05) is 26.0 Å². The van der Waals surface area contributed by atoms with Gasteiger partial charge in [-0.05, 0) is 51.3 Å². The van der Waals surface area contributed by atoms with Crippen molar-refractivity contribution >= 4 is 11.9 Å². The van der Waals surface area contributed by atoms with Gasteiger partial charge in [-0.3, -0.25) is 9.79 Å². The summed E-state index contributed by atoms with van der Waals surface area (Å²) in [5.41, 5.74) is 1.24. The van der Waals surface area contributed by atoms with Gasteiger partial charge in [-0.15, -0.1) is 0 Å². The van der Waals surface area contributed by atoms with Crippen molar-refractivity contribution in [3.05, 3.63) is 29.8 Å². The van der Waals surface area contributed by atoms with Crippen LogP contribution in [0.1, 0.15) is 46.6 Å². The zero-order valence-electron chi connectivity index (χ0n) is 18.0. The fourth-order valence-electron chi connectivity index (χ4n) is 3.26. The van der Waals surface area contributed by atoms with E-state index in [1.54, 1.807) is 0 Å². The number of carbonyl (C=O) groups is 1. The number of hydrogen-bond acceptors (Lipinski definition) is 3. The molecule has 0 bridgehead atoms. The molecule has 1 aliphatic heterocycles. The highest BCUT2D eigenvalue weighted by molar-refractivity contribution is 5.81. The lowest BCUT2D eigenvalue weighted by Crippen LogP contribution is -2.45. The molecule has 0 saturated carbocycles. The Morgan fingerprint density at radius 1 is 1.25 bits per heavy atom. The van der Waals surface area contributed by atoms with E-state index in [0.29, 0.717) is 6.54 Å². The number of amides is 1. The van der Waals surface area contributed by atoms with E-state index in [1.165, 1.54) is 5.56 Å². The molecule has 1 aromatic carbocycles. The fourth-order valence-corrected chi connectivity index (χ4v) is 3.26. The van der Waals surface area contributed by atoms with Crippen LogP contribution in [0.25, 0.3) is 0 Å². The van der Waals surface area contributed by atoms with Crippen molar-refractivity contribution in [1.82, 2.24) is 15.5 Å². The number of rotatable bonds is 8. The predicted molar refractivity (Wildman–Crippen MR) is 115 cm³/mol. The van der Waals surface area contributed by atoms with Gasteiger partial charge in [0.1, 0.15) is 5.75 Å². The van der Waals surface area contributed by atoms with E-state index < -0.39 is 0 Å². The highest BCUT2D eigenvalue weighted by Gasteiger charge is 2.27. The van der Waals surface area contributed by atoms with Gasteiger partial charge in [0, 0.05) is 38.1 Å². The van der Waals surface area contributed by atoms with Gasteiger partial charge in [0.05, 0.1) is 6.10 Å². The van der Waals surface area contributed by atoms with E-state index in [-0.39, 0.29) is 24.0 Å². The summed E-state index contributed by atoms with van der Waals surface area (Å²) in [5, 5.41) is 6.79. The van der Waals surface area contributed by atoms with Crippen LogP contribution in [0.3, 0.4) is 0 Å². The Bertz CT molecular complexity index is 640. The number of nitrogens with zero attached hydrogens (tertiary/aromatic N) is 2. The molecule has 1 amide bonds. The van der Waals surface area contributed by atoms with E-state index in [2.05, 4.69) is 29.7 Å². The molecule has 2 rings (SSSR count). The van der Waals surface area contributed by atoms with Gasteiger partial charge in [0.25, 0.3) is 0 Å². The minimum Gasteiger partial charge on any atom is -0.491 e. The highest BCUT2D eigenvalue weighted by Crippen LogP contribution is 2.15. The third kappa shape index (κ3) is 7.06. The number of benzene rings is 1. The minimum atomic E-state index is 0.0537. The number of nitrogens with one attached hydrogen (secondary N) is 2. The first-order valence-corrected chi connectivity index (χ1v) is 10.5. The number of guanidine groups is 1. The quantitative estimate of drug-likeness (QED) is 0.531. The van der Waals surface area contributed by atoms with Crippen LogP contribution in [0.4, 0.5) is 0 Å². The second kappa shape index (κ2) is 10.9. The molecule has 6 nitrogen and oxygen atoms in total. The number of carbonyl (C=O) groups excluding carboxylic acids is 1. The molecular weight excluding hydrogens is 352 g/mol. The zero-order chi connectivity index (χ0) is 20.5. The second-order valence-electron chi connectivity index (χ2n) is 7.89. The van der Waals surface area contributed by atoms with E-state index in [4.69, 9.17) is 9.73 Å². The van der Waals surface area contributed by atoms with Gasteiger partial charge in [-0.2, -0.15) is 0 Å². The molecule has 1 atom stereocenters. The van der Waals surface area contributed by atoms with Crippen LogP contribution in [-0.2, 0) is 11.2 Å². The number of likely N-dealkylation sites (tertiary alicyclic amines) is 1. The summed E-state index contributed by atoms with van der Waals surface area (Å²) in [7, 11) is 0. The van der Waals surface area contributed by atoms with Crippen LogP contribution in [0.15, 0.2) is 29.3 Å². The topological polar surface area (TPSA) is 66.0 Å². The van der Waals surface area contributed by atoms with Crippen molar-refractivity contribution in [3.63, 3.8) is 0 Å². The molecule has 0 aliphatic carbocycles. The number of ether oxygens (including phenoxy) is 1. The first kappa shape index (κ1) is 22.1. The maximum Gasteiger partial charge on any atom is 0.225 e. The largest absolute Gasteiger partial charge is 0.491 e. The fraction of sp³-hybridized carbons (Fsp3) is 0.636. The second-order valence-corrected chi connectivity index (χ2v) is 7.89. The lowest BCUT2D eigenvalue weighted by molar-refractivity contribution is -0.133. The van der Waals surface area contributed by atoms with E-state index in [0.717, 1.165) is 44.2 Å². The first-order chi connectivity index (χ1) is 13.4. The highest BCUT2D eigenvalue weighted by atomic mass is 16.5. The zero-order valence-corrected chi connectivity index (χ0v) is 18.0. The van der Waals surface area contributed by atoms with Crippen LogP contribution in [-0.4, -0.2) is 55.1 Å². The Morgan fingerprint density at radius 3 is 2.57 bits per heavy atom. The molecule has 0 radical (unpaired) electrons. The predicted octanol–water partition coefficient (Wildman–Crippen LogP) is 2.83. The normalized spacial score (nSPS) is 17.3. The van der Waals surface area contributed by atoms with Crippen molar-refractivity contribution in [3.8, 4) is 5.75 Å². The summed E-state index contributed by atoms with van der Waals surface area (Å²) < 4.78 is 5.68. The van der Waals surface area contributed by atoms with Crippen molar-refractivity contribution in [1.29, 1.82) is 0 Å². The van der Waals surface area contributed by atoms with E-state index in [9.17, 15) is 4.79 Å². The molecule has 28 heavy (non-hydrogen) atoms. The summed E-state index contributed by atoms with van der Waals surface area (Å²) in [6.07, 6.45) is 2.02. The van der Waals surface area contributed by atoms with Crippen molar-refractivity contribution in [2.24, 2.45) is 10.9 Å². The van der Waals surface area contributed by atoms with Crippen LogP contribution in [0.2, 0.25) is 0 Å². The number of aliphatic imine (C=N–C) groups is 1. The lowest BCUT2D eigenvalue weighted by Gasteiger charge is -2.20. The van der Waals surface area contributed by atoms with Crippen LogP contribution in [0, 0.1) is 5.92 Å². The molecule has 2 N–H and O–H groups in total. The first-order valence-electron chi connectivity index (χ1n) is 10.5. The standard InChI is InChI=1S/C22H36N4O2/c1-6-23-22(25-19-12-14-26(15-19)21(27)16(2)3)24-13-11-18-7-9-20(10-8-18)28-17(4)5/h7-10,16-17,19H,6,11-15H2,1-5H3,(H2,23,24,25). The molecule has 1 saturated heterocycles. The Balaban J connectivity index is 1.84. The lowest BCUT2D eigenvalue weighted by atomic mass is 10.1. The average Bonchev–Trinajstić information content (AvgIpc) is 3.10. The third-order valence-electron chi connectivity index (χ3n) is 4.64. The average molecular weight is 389 g/mol. The molecule has 1 aliphatic rings. The molecule has 1 unspecified atom stereocenters. The van der Waals surface area contributed by atoms with Gasteiger partial charge in [0.15, 0.2) is 5.96 Å². The van der Waals surface area contributed by atoms with Gasteiger partial charge in [-0.25, -0.2) is 0 Å². The molecule has 1 fully saturated rings. The molecule has 0 aromatic heterocycles. The summed E-state index contributed by atoms with van der Waals surface area (Å²) >= 11 is 0. The Labute approximate surface area is 169 Å². The molecule has 156 valence electrons. The summed E-state index contributed by atoms with van der Waals surface area (Å²) in [4.78, 5) is 18.8.